The second-order valence-electron chi connectivity index (χ2n) is 5.06. The van der Waals surface area contributed by atoms with Crippen molar-refractivity contribution in [3.05, 3.63) is 21.6 Å². The van der Waals surface area contributed by atoms with Crippen molar-refractivity contribution < 1.29 is 8.42 Å². The van der Waals surface area contributed by atoms with Crippen molar-refractivity contribution in [2.24, 2.45) is 5.92 Å². The predicted molar refractivity (Wildman–Crippen MR) is 85.3 cm³/mol. The van der Waals surface area contributed by atoms with Gasteiger partial charge in [0.2, 0.25) is 10.0 Å². The molecule has 0 unspecified atom stereocenters. The van der Waals surface area contributed by atoms with Gasteiger partial charge in [0.25, 0.3) is 0 Å². The number of halogens is 2. The van der Waals surface area contributed by atoms with Crippen LogP contribution in [0.15, 0.2) is 21.5 Å². The van der Waals surface area contributed by atoms with Gasteiger partial charge in [-0.2, -0.15) is 4.31 Å². The first-order chi connectivity index (χ1) is 9.36. The maximum absolute atomic E-state index is 12.7. The summed E-state index contributed by atoms with van der Waals surface area (Å²) in [5, 5.41) is 0.323. The SMILES string of the molecule is CCN(CC1CCC1)S(=O)(=O)c1cc(Cl)cc(N)c1Br. The molecule has 0 bridgehead atoms. The normalized spacial score (nSPS) is 16.4. The average Bonchev–Trinajstić information content (AvgIpc) is 2.32. The first-order valence-corrected chi connectivity index (χ1v) is 9.22. The van der Waals surface area contributed by atoms with E-state index in [1.165, 1.54) is 22.9 Å². The molecule has 7 heteroatoms. The molecule has 4 nitrogen and oxygen atoms in total. The lowest BCUT2D eigenvalue weighted by molar-refractivity contribution is 0.250. The zero-order valence-electron chi connectivity index (χ0n) is 11.3. The van der Waals surface area contributed by atoms with Crippen molar-refractivity contribution >= 4 is 43.2 Å². The molecule has 0 saturated heterocycles. The van der Waals surface area contributed by atoms with Crippen LogP contribution in [0, 0.1) is 5.92 Å². The van der Waals surface area contributed by atoms with Crippen LogP contribution in [0.1, 0.15) is 26.2 Å². The van der Waals surface area contributed by atoms with Gasteiger partial charge < -0.3 is 5.73 Å². The number of anilines is 1. The first kappa shape index (κ1) is 16.1. The molecule has 1 aliphatic carbocycles. The lowest BCUT2D eigenvalue weighted by Crippen LogP contribution is -2.37. The van der Waals surface area contributed by atoms with E-state index in [0.29, 0.717) is 34.2 Å². The summed E-state index contributed by atoms with van der Waals surface area (Å²) < 4.78 is 27.4. The standard InChI is InChI=1S/C13H18BrClN2O2S/c1-2-17(8-9-4-3-5-9)20(18,19)12-7-10(15)6-11(16)13(12)14/h6-7,9H,2-5,8,16H2,1H3. The van der Waals surface area contributed by atoms with Gasteiger partial charge in [-0.15, -0.1) is 0 Å². The maximum Gasteiger partial charge on any atom is 0.244 e. The fourth-order valence-corrected chi connectivity index (χ4v) is 5.05. The van der Waals surface area contributed by atoms with E-state index in [2.05, 4.69) is 15.9 Å². The highest BCUT2D eigenvalue weighted by Gasteiger charge is 2.30. The minimum atomic E-state index is -3.58. The lowest BCUT2D eigenvalue weighted by Gasteiger charge is -2.31. The van der Waals surface area contributed by atoms with E-state index in [1.807, 2.05) is 6.92 Å². The molecular formula is C13H18BrClN2O2S. The number of nitrogens with zero attached hydrogens (tertiary/aromatic N) is 1. The van der Waals surface area contributed by atoms with Crippen LogP contribution in [0.3, 0.4) is 0 Å². The van der Waals surface area contributed by atoms with Crippen LogP contribution >= 0.6 is 27.5 Å². The van der Waals surface area contributed by atoms with Crippen molar-refractivity contribution in [1.82, 2.24) is 4.31 Å². The molecule has 0 aromatic heterocycles. The van der Waals surface area contributed by atoms with Crippen LogP contribution in [-0.4, -0.2) is 25.8 Å². The average molecular weight is 382 g/mol. The molecule has 0 spiro atoms. The molecule has 1 aromatic carbocycles. The summed E-state index contributed by atoms with van der Waals surface area (Å²) in [7, 11) is -3.58. The Morgan fingerprint density at radius 1 is 1.45 bits per heavy atom. The van der Waals surface area contributed by atoms with Crippen LogP contribution in [0.4, 0.5) is 5.69 Å². The molecule has 112 valence electrons. The van der Waals surface area contributed by atoms with E-state index < -0.39 is 10.0 Å². The molecule has 0 atom stereocenters. The van der Waals surface area contributed by atoms with E-state index in [1.54, 1.807) is 0 Å². The molecule has 2 N–H and O–H groups in total. The Morgan fingerprint density at radius 3 is 2.60 bits per heavy atom. The van der Waals surface area contributed by atoms with Gasteiger partial charge in [0, 0.05) is 23.8 Å². The molecule has 1 fully saturated rings. The number of nitrogen functional groups attached to an aromatic ring is 1. The van der Waals surface area contributed by atoms with Crippen molar-refractivity contribution in [2.75, 3.05) is 18.8 Å². The summed E-state index contributed by atoms with van der Waals surface area (Å²) in [6, 6.07) is 2.98. The van der Waals surface area contributed by atoms with Crippen LogP contribution in [0.2, 0.25) is 5.02 Å². The molecular weight excluding hydrogens is 364 g/mol. The topological polar surface area (TPSA) is 63.4 Å². The summed E-state index contributed by atoms with van der Waals surface area (Å²) >= 11 is 9.19. The monoisotopic (exact) mass is 380 g/mol. The van der Waals surface area contributed by atoms with E-state index in [-0.39, 0.29) is 4.90 Å². The largest absolute Gasteiger partial charge is 0.398 e. The van der Waals surface area contributed by atoms with Crippen molar-refractivity contribution in [2.45, 2.75) is 31.1 Å². The smallest absolute Gasteiger partial charge is 0.244 e. The third-order valence-electron chi connectivity index (χ3n) is 3.69. The summed E-state index contributed by atoms with van der Waals surface area (Å²) in [6.07, 6.45) is 3.39. The quantitative estimate of drug-likeness (QED) is 0.794. The minimum absolute atomic E-state index is 0.142. The minimum Gasteiger partial charge on any atom is -0.398 e. The van der Waals surface area contributed by atoms with Crippen molar-refractivity contribution in [3.63, 3.8) is 0 Å². The summed E-state index contributed by atoms with van der Waals surface area (Å²) in [5.41, 5.74) is 6.11. The van der Waals surface area contributed by atoms with Gasteiger partial charge in [-0.3, -0.25) is 0 Å². The fraction of sp³-hybridized carbons (Fsp3) is 0.538. The number of hydrogen-bond donors (Lipinski definition) is 1. The highest BCUT2D eigenvalue weighted by Crippen LogP contribution is 2.35. The van der Waals surface area contributed by atoms with Crippen LogP contribution in [0.25, 0.3) is 0 Å². The van der Waals surface area contributed by atoms with Crippen LogP contribution in [0.5, 0.6) is 0 Å². The number of hydrogen-bond acceptors (Lipinski definition) is 3. The van der Waals surface area contributed by atoms with Gasteiger partial charge in [-0.05, 0) is 46.8 Å². The van der Waals surface area contributed by atoms with Gasteiger partial charge in [0.15, 0.2) is 0 Å². The number of benzene rings is 1. The Kier molecular flexibility index (Phi) is 5.00. The zero-order chi connectivity index (χ0) is 14.9. The van der Waals surface area contributed by atoms with Gasteiger partial charge >= 0.3 is 0 Å². The molecule has 20 heavy (non-hydrogen) atoms. The predicted octanol–water partition coefficient (Wildman–Crippen LogP) is 3.50. The Labute approximate surface area is 133 Å². The second-order valence-corrected chi connectivity index (χ2v) is 8.20. The Morgan fingerprint density at radius 2 is 2.10 bits per heavy atom. The van der Waals surface area contributed by atoms with Crippen LogP contribution < -0.4 is 5.73 Å². The highest BCUT2D eigenvalue weighted by molar-refractivity contribution is 9.10. The van der Waals surface area contributed by atoms with E-state index in [4.69, 9.17) is 17.3 Å². The van der Waals surface area contributed by atoms with Gasteiger partial charge in [0.05, 0.1) is 9.37 Å². The molecule has 0 aliphatic heterocycles. The third-order valence-corrected chi connectivity index (χ3v) is 7.02. The van der Waals surface area contributed by atoms with E-state index in [0.717, 1.165) is 12.8 Å². The molecule has 1 aliphatic rings. The fourth-order valence-electron chi connectivity index (χ4n) is 2.27. The highest BCUT2D eigenvalue weighted by atomic mass is 79.9. The molecule has 2 rings (SSSR count). The van der Waals surface area contributed by atoms with Gasteiger partial charge in [-0.1, -0.05) is 24.9 Å². The Hall–Kier alpha value is -0.300. The molecule has 1 saturated carbocycles. The van der Waals surface area contributed by atoms with Crippen molar-refractivity contribution in [1.29, 1.82) is 0 Å². The lowest BCUT2D eigenvalue weighted by atomic mass is 9.85. The molecule has 1 aromatic rings. The first-order valence-electron chi connectivity index (χ1n) is 6.61. The van der Waals surface area contributed by atoms with E-state index in [9.17, 15) is 8.42 Å². The van der Waals surface area contributed by atoms with Gasteiger partial charge in [0.1, 0.15) is 0 Å². The molecule has 0 heterocycles. The Balaban J connectivity index is 2.37. The second kappa shape index (κ2) is 6.22. The van der Waals surface area contributed by atoms with Crippen molar-refractivity contribution in [3.8, 4) is 0 Å². The van der Waals surface area contributed by atoms with E-state index >= 15 is 0 Å². The summed E-state index contributed by atoms with van der Waals surface area (Å²) in [4.78, 5) is 0.142. The Bertz CT molecular complexity index is 603. The summed E-state index contributed by atoms with van der Waals surface area (Å²) in [5.74, 6) is 0.472. The molecule has 0 radical (unpaired) electrons. The maximum atomic E-state index is 12.7. The number of nitrogens with two attached hydrogens (primary N) is 1. The van der Waals surface area contributed by atoms with Gasteiger partial charge in [-0.25, -0.2) is 8.42 Å². The summed E-state index contributed by atoms with van der Waals surface area (Å²) in [6.45, 7) is 2.85. The number of sulfonamides is 1. The third kappa shape index (κ3) is 3.13. The number of rotatable bonds is 5. The zero-order valence-corrected chi connectivity index (χ0v) is 14.4. The van der Waals surface area contributed by atoms with Crippen LogP contribution in [-0.2, 0) is 10.0 Å². The molecule has 0 amide bonds.